The van der Waals surface area contributed by atoms with Crippen LogP contribution < -0.4 is 9.80 Å². The first-order valence-electron chi connectivity index (χ1n) is 17.9. The fourth-order valence-corrected chi connectivity index (χ4v) is 6.33. The predicted octanol–water partition coefficient (Wildman–Crippen LogP) is 13.9. The second-order valence-corrected chi connectivity index (χ2v) is 13.5. The molecule has 0 fully saturated rings. The van der Waals surface area contributed by atoms with Crippen molar-refractivity contribution in [3.8, 4) is 0 Å². The van der Waals surface area contributed by atoms with Crippen molar-refractivity contribution >= 4 is 52.4 Å². The maximum absolute atomic E-state index is 2.36. The van der Waals surface area contributed by atoms with Crippen molar-refractivity contribution in [2.45, 2.75) is 27.7 Å². The summed E-state index contributed by atoms with van der Waals surface area (Å²) in [6.07, 6.45) is 6.66. The Balaban J connectivity index is 1.18. The Bertz CT molecular complexity index is 2170. The summed E-state index contributed by atoms with van der Waals surface area (Å²) in [6.45, 7) is 8.51. The van der Waals surface area contributed by atoms with Crippen molar-refractivity contribution in [3.05, 3.63) is 220 Å². The van der Waals surface area contributed by atoms with Gasteiger partial charge in [0.25, 0.3) is 0 Å². The SMILES string of the molecule is Cc1ccc(N(/C(=C/c2ccccc2)c2ccc(/C=C\c3ccc(N(c4ccc(C)cc4)c4ccc(C)cc4)cc3)cc2)c2ccc(C)cc2)cc1. The minimum absolute atomic E-state index is 1.11. The lowest BCUT2D eigenvalue weighted by Gasteiger charge is -2.29. The van der Waals surface area contributed by atoms with Crippen molar-refractivity contribution in [1.29, 1.82) is 0 Å². The van der Waals surface area contributed by atoms with Crippen LogP contribution in [0.3, 0.4) is 0 Å². The number of aryl methyl sites for hydroxylation is 4. The first kappa shape index (κ1) is 34.1. The Morgan fingerprint density at radius 2 is 0.692 bits per heavy atom. The Kier molecular flexibility index (Phi) is 10.3. The van der Waals surface area contributed by atoms with E-state index in [1.54, 1.807) is 0 Å². The van der Waals surface area contributed by atoms with Crippen molar-refractivity contribution in [1.82, 2.24) is 0 Å². The highest BCUT2D eigenvalue weighted by Crippen LogP contribution is 2.37. The van der Waals surface area contributed by atoms with Crippen LogP contribution >= 0.6 is 0 Å². The second kappa shape index (κ2) is 15.7. The number of rotatable bonds is 10. The van der Waals surface area contributed by atoms with E-state index in [0.29, 0.717) is 0 Å². The van der Waals surface area contributed by atoms with E-state index in [1.807, 2.05) is 0 Å². The van der Waals surface area contributed by atoms with Gasteiger partial charge in [-0.05, 0) is 117 Å². The molecule has 7 rings (SSSR count). The van der Waals surface area contributed by atoms with Crippen LogP contribution in [0.5, 0.6) is 0 Å². The first-order chi connectivity index (χ1) is 25.4. The Hall–Kier alpha value is -6.38. The molecule has 0 unspecified atom stereocenters. The van der Waals surface area contributed by atoms with E-state index in [1.165, 1.54) is 22.3 Å². The minimum Gasteiger partial charge on any atom is -0.311 e. The molecule has 52 heavy (non-hydrogen) atoms. The molecule has 0 spiro atoms. The highest BCUT2D eigenvalue weighted by atomic mass is 15.2. The van der Waals surface area contributed by atoms with Crippen LogP contribution in [0.4, 0.5) is 28.4 Å². The van der Waals surface area contributed by atoms with E-state index in [9.17, 15) is 0 Å². The third kappa shape index (κ3) is 8.15. The molecule has 0 aliphatic rings. The van der Waals surface area contributed by atoms with E-state index in [2.05, 4.69) is 232 Å². The van der Waals surface area contributed by atoms with Gasteiger partial charge in [-0.3, -0.25) is 0 Å². The molecule has 2 heteroatoms. The van der Waals surface area contributed by atoms with Crippen LogP contribution in [-0.4, -0.2) is 0 Å². The number of hydrogen-bond donors (Lipinski definition) is 0. The van der Waals surface area contributed by atoms with Gasteiger partial charge >= 0.3 is 0 Å². The van der Waals surface area contributed by atoms with Gasteiger partial charge in [-0.1, -0.05) is 150 Å². The molecule has 0 aromatic heterocycles. The van der Waals surface area contributed by atoms with Crippen molar-refractivity contribution in [2.75, 3.05) is 9.80 Å². The molecule has 0 N–H and O–H groups in total. The summed E-state index contributed by atoms with van der Waals surface area (Å²) < 4.78 is 0. The summed E-state index contributed by atoms with van der Waals surface area (Å²) in [5.41, 5.74) is 16.3. The molecule has 0 bridgehead atoms. The lowest BCUT2D eigenvalue weighted by molar-refractivity contribution is 1.27. The Morgan fingerprint density at radius 3 is 1.10 bits per heavy atom. The van der Waals surface area contributed by atoms with Gasteiger partial charge in [-0.15, -0.1) is 0 Å². The van der Waals surface area contributed by atoms with E-state index in [0.717, 1.165) is 56.4 Å². The first-order valence-corrected chi connectivity index (χ1v) is 17.9. The van der Waals surface area contributed by atoms with Crippen LogP contribution in [0.25, 0.3) is 23.9 Å². The fourth-order valence-electron chi connectivity index (χ4n) is 6.33. The zero-order valence-electron chi connectivity index (χ0n) is 30.4. The quantitative estimate of drug-likeness (QED) is 0.133. The maximum atomic E-state index is 2.36. The van der Waals surface area contributed by atoms with E-state index >= 15 is 0 Å². The largest absolute Gasteiger partial charge is 0.311 e. The van der Waals surface area contributed by atoms with Gasteiger partial charge in [0.05, 0.1) is 5.70 Å². The highest BCUT2D eigenvalue weighted by molar-refractivity contribution is 5.96. The smallest absolute Gasteiger partial charge is 0.0539 e. The van der Waals surface area contributed by atoms with Gasteiger partial charge in [-0.2, -0.15) is 0 Å². The molecule has 7 aromatic rings. The summed E-state index contributed by atoms with van der Waals surface area (Å²) in [6, 6.07) is 63.2. The zero-order valence-corrected chi connectivity index (χ0v) is 30.4. The fraction of sp³-hybridized carbons (Fsp3) is 0.0800. The van der Waals surface area contributed by atoms with Gasteiger partial charge in [0.2, 0.25) is 0 Å². The Labute approximate surface area is 309 Å². The molecule has 0 radical (unpaired) electrons. The van der Waals surface area contributed by atoms with Gasteiger partial charge in [-0.25, -0.2) is 0 Å². The normalized spacial score (nSPS) is 11.5. The van der Waals surface area contributed by atoms with E-state index in [-0.39, 0.29) is 0 Å². The van der Waals surface area contributed by atoms with Crippen molar-refractivity contribution < 1.29 is 0 Å². The summed E-state index contributed by atoms with van der Waals surface area (Å²) in [7, 11) is 0. The average Bonchev–Trinajstić information content (AvgIpc) is 3.18. The lowest BCUT2D eigenvalue weighted by atomic mass is 10.0. The molecule has 7 aromatic carbocycles. The van der Waals surface area contributed by atoms with Crippen molar-refractivity contribution in [3.63, 3.8) is 0 Å². The molecule has 0 aliphatic carbocycles. The van der Waals surface area contributed by atoms with E-state index in [4.69, 9.17) is 0 Å². The van der Waals surface area contributed by atoms with Crippen LogP contribution in [-0.2, 0) is 0 Å². The molecule has 0 saturated carbocycles. The van der Waals surface area contributed by atoms with Gasteiger partial charge < -0.3 is 9.80 Å². The average molecular weight is 673 g/mol. The second-order valence-electron chi connectivity index (χ2n) is 13.5. The molecular formula is C50H44N2. The highest BCUT2D eigenvalue weighted by Gasteiger charge is 2.17. The third-order valence-electron chi connectivity index (χ3n) is 9.34. The predicted molar refractivity (Wildman–Crippen MR) is 225 cm³/mol. The molecule has 0 amide bonds. The van der Waals surface area contributed by atoms with Gasteiger partial charge in [0, 0.05) is 28.4 Å². The number of nitrogens with zero attached hydrogens (tertiary/aromatic N) is 2. The third-order valence-corrected chi connectivity index (χ3v) is 9.34. The molecule has 254 valence electrons. The number of hydrogen-bond acceptors (Lipinski definition) is 2. The summed E-state index contributed by atoms with van der Waals surface area (Å²) in [5.74, 6) is 0. The standard InChI is InChI=1S/C50H44N2/c1-37-10-26-45(27-11-37)51(46-28-12-38(2)13-29-46)47-34-22-42(23-35-47)19-18-41-20-24-44(25-21-41)50(36-43-8-6-5-7-9-43)52(48-30-14-39(3)15-31-48)49-32-16-40(4)17-33-49/h5-36H,1-4H3/b19-18-,50-36+. The van der Waals surface area contributed by atoms with Crippen LogP contribution in [0, 0.1) is 27.7 Å². The van der Waals surface area contributed by atoms with E-state index < -0.39 is 0 Å². The topological polar surface area (TPSA) is 6.48 Å². The summed E-state index contributed by atoms with van der Waals surface area (Å²) in [5, 5.41) is 0. The molecule has 2 nitrogen and oxygen atoms in total. The Morgan fingerprint density at radius 1 is 0.346 bits per heavy atom. The van der Waals surface area contributed by atoms with Gasteiger partial charge in [0.15, 0.2) is 0 Å². The summed E-state index contributed by atoms with van der Waals surface area (Å²) >= 11 is 0. The number of anilines is 5. The van der Waals surface area contributed by atoms with Gasteiger partial charge in [0.1, 0.15) is 0 Å². The molecule has 0 saturated heterocycles. The minimum atomic E-state index is 1.11. The molecule has 0 heterocycles. The van der Waals surface area contributed by atoms with Crippen LogP contribution in [0.1, 0.15) is 44.5 Å². The monoisotopic (exact) mass is 672 g/mol. The lowest BCUT2D eigenvalue weighted by Crippen LogP contribution is -2.15. The summed E-state index contributed by atoms with van der Waals surface area (Å²) in [4.78, 5) is 4.66. The van der Waals surface area contributed by atoms with Crippen LogP contribution in [0.2, 0.25) is 0 Å². The van der Waals surface area contributed by atoms with Crippen LogP contribution in [0.15, 0.2) is 176 Å². The molecule has 0 atom stereocenters. The number of benzene rings is 7. The zero-order chi connectivity index (χ0) is 35.9. The molecule has 0 aliphatic heterocycles. The maximum Gasteiger partial charge on any atom is 0.0539 e. The van der Waals surface area contributed by atoms with Crippen molar-refractivity contribution in [2.24, 2.45) is 0 Å². The molecular weight excluding hydrogens is 629 g/mol.